The summed E-state index contributed by atoms with van der Waals surface area (Å²) < 4.78 is 37.9. The maximum atomic E-state index is 12.6. The second kappa shape index (κ2) is 5.82. The first-order valence-corrected chi connectivity index (χ1v) is 6.57. The molecule has 2 nitrogen and oxygen atoms in total. The lowest BCUT2D eigenvalue weighted by Crippen LogP contribution is -2.46. The Labute approximate surface area is 111 Å². The fourth-order valence-electron chi connectivity index (χ4n) is 2.36. The molecule has 0 bridgehead atoms. The van der Waals surface area contributed by atoms with Gasteiger partial charge in [-0.15, -0.1) is 0 Å². The number of hydrogen-bond donors (Lipinski definition) is 0. The van der Waals surface area contributed by atoms with Crippen LogP contribution in [0, 0.1) is 6.07 Å². The highest BCUT2D eigenvalue weighted by molar-refractivity contribution is 5.49. The third-order valence-corrected chi connectivity index (χ3v) is 3.37. The third-order valence-electron chi connectivity index (χ3n) is 3.37. The minimum atomic E-state index is -4.32. The largest absolute Gasteiger partial charge is 0.417 e. The van der Waals surface area contributed by atoms with Crippen LogP contribution in [0.25, 0.3) is 0 Å². The lowest BCUT2D eigenvalue weighted by atomic mass is 10.1. The molecule has 2 rings (SSSR count). The van der Waals surface area contributed by atoms with E-state index in [2.05, 4.69) is 17.9 Å². The number of hydrogen-bond acceptors (Lipinski definition) is 2. The van der Waals surface area contributed by atoms with Crippen LogP contribution in [0.3, 0.4) is 0 Å². The predicted molar refractivity (Wildman–Crippen MR) is 69.2 cm³/mol. The lowest BCUT2D eigenvalue weighted by Gasteiger charge is -2.36. The zero-order chi connectivity index (χ0) is 13.9. The molecule has 0 aromatic heterocycles. The Balaban J connectivity index is 2.03. The van der Waals surface area contributed by atoms with Crippen molar-refractivity contribution in [3.8, 4) is 0 Å². The summed E-state index contributed by atoms with van der Waals surface area (Å²) >= 11 is 0. The molecule has 0 N–H and O–H groups in total. The number of nitrogens with zero attached hydrogens (tertiary/aromatic N) is 2. The summed E-state index contributed by atoms with van der Waals surface area (Å²) in [6.45, 7) is 6.57. The van der Waals surface area contributed by atoms with E-state index in [1.165, 1.54) is 12.1 Å². The average Bonchev–Trinajstić information content (AvgIpc) is 2.39. The summed E-state index contributed by atoms with van der Waals surface area (Å²) in [6.07, 6.45) is -3.21. The molecule has 0 spiro atoms. The van der Waals surface area contributed by atoms with Crippen molar-refractivity contribution in [1.29, 1.82) is 0 Å². The average molecular weight is 271 g/mol. The van der Waals surface area contributed by atoms with Crippen LogP contribution < -0.4 is 4.90 Å². The highest BCUT2D eigenvalue weighted by Gasteiger charge is 2.31. The standard InChI is InChI=1S/C14H18F3N2/c1-2-6-18-7-9-19(10-8-18)13-5-3-4-12(11-13)14(15,16)17/h3,5,11H,2,6-10H2,1H3. The molecule has 1 saturated heterocycles. The van der Waals surface area contributed by atoms with Gasteiger partial charge in [0, 0.05) is 31.9 Å². The molecule has 1 aliphatic heterocycles. The third kappa shape index (κ3) is 3.62. The van der Waals surface area contributed by atoms with Gasteiger partial charge in [-0.3, -0.25) is 4.90 Å². The normalized spacial score (nSPS) is 17.8. The Morgan fingerprint density at radius 3 is 2.47 bits per heavy atom. The van der Waals surface area contributed by atoms with E-state index >= 15 is 0 Å². The van der Waals surface area contributed by atoms with Crippen molar-refractivity contribution in [2.75, 3.05) is 37.6 Å². The van der Waals surface area contributed by atoms with Gasteiger partial charge in [-0.1, -0.05) is 13.0 Å². The van der Waals surface area contributed by atoms with Crippen molar-refractivity contribution in [3.63, 3.8) is 0 Å². The van der Waals surface area contributed by atoms with E-state index in [1.54, 1.807) is 6.07 Å². The van der Waals surface area contributed by atoms with Gasteiger partial charge in [0.1, 0.15) is 0 Å². The summed E-state index contributed by atoms with van der Waals surface area (Å²) in [7, 11) is 0. The topological polar surface area (TPSA) is 6.48 Å². The van der Waals surface area contributed by atoms with Crippen molar-refractivity contribution in [2.24, 2.45) is 0 Å². The molecule has 1 radical (unpaired) electrons. The molecule has 105 valence electrons. The number of benzene rings is 1. The molecule has 5 heteroatoms. The molecule has 19 heavy (non-hydrogen) atoms. The van der Waals surface area contributed by atoms with Gasteiger partial charge in [0.2, 0.25) is 0 Å². The smallest absolute Gasteiger partial charge is 0.369 e. The van der Waals surface area contributed by atoms with Gasteiger partial charge in [0.15, 0.2) is 0 Å². The Bertz CT molecular complexity index is 409. The van der Waals surface area contributed by atoms with Crippen molar-refractivity contribution in [3.05, 3.63) is 29.8 Å². The van der Waals surface area contributed by atoms with Crippen LogP contribution >= 0.6 is 0 Å². The highest BCUT2D eigenvalue weighted by atomic mass is 19.4. The number of alkyl halides is 3. The molecule has 1 aliphatic rings. The first-order chi connectivity index (χ1) is 9.00. The summed E-state index contributed by atoms with van der Waals surface area (Å²) in [5, 5.41) is 0. The highest BCUT2D eigenvalue weighted by Crippen LogP contribution is 2.31. The zero-order valence-electron chi connectivity index (χ0n) is 11.0. The summed E-state index contributed by atoms with van der Waals surface area (Å²) in [6, 6.07) is 6.50. The van der Waals surface area contributed by atoms with E-state index in [4.69, 9.17) is 0 Å². The fourth-order valence-corrected chi connectivity index (χ4v) is 2.36. The number of halogens is 3. The summed E-state index contributed by atoms with van der Waals surface area (Å²) in [4.78, 5) is 4.35. The SMILES string of the molecule is CCCN1CCN(c2cc[c]c(C(F)(F)F)c2)CC1. The summed E-state index contributed by atoms with van der Waals surface area (Å²) in [5.41, 5.74) is -0.0526. The lowest BCUT2D eigenvalue weighted by molar-refractivity contribution is -0.137. The van der Waals surface area contributed by atoms with E-state index in [9.17, 15) is 13.2 Å². The minimum absolute atomic E-state index is 0.641. The molecule has 0 aliphatic carbocycles. The number of anilines is 1. The van der Waals surface area contributed by atoms with Crippen LogP contribution in [0.5, 0.6) is 0 Å². The maximum Gasteiger partial charge on any atom is 0.417 e. The predicted octanol–water partition coefficient (Wildman–Crippen LogP) is 3.04. The Kier molecular flexibility index (Phi) is 4.34. The zero-order valence-corrected chi connectivity index (χ0v) is 11.0. The molecule has 0 saturated carbocycles. The van der Waals surface area contributed by atoms with E-state index in [0.717, 1.165) is 39.1 Å². The Hall–Kier alpha value is -1.23. The fraction of sp³-hybridized carbons (Fsp3) is 0.571. The van der Waals surface area contributed by atoms with Gasteiger partial charge < -0.3 is 4.90 Å². The molecule has 1 heterocycles. The Morgan fingerprint density at radius 2 is 1.89 bits per heavy atom. The van der Waals surface area contributed by atoms with Crippen LogP contribution in [-0.2, 0) is 6.18 Å². The van der Waals surface area contributed by atoms with E-state index in [1.807, 2.05) is 4.90 Å². The molecular weight excluding hydrogens is 253 g/mol. The van der Waals surface area contributed by atoms with E-state index < -0.39 is 11.7 Å². The molecule has 1 fully saturated rings. The van der Waals surface area contributed by atoms with Crippen molar-refractivity contribution in [1.82, 2.24) is 4.90 Å². The van der Waals surface area contributed by atoms with Crippen LogP contribution in [0.2, 0.25) is 0 Å². The Morgan fingerprint density at radius 1 is 1.21 bits per heavy atom. The minimum Gasteiger partial charge on any atom is -0.369 e. The van der Waals surface area contributed by atoms with E-state index in [0.29, 0.717) is 5.69 Å². The van der Waals surface area contributed by atoms with Crippen LogP contribution in [0.1, 0.15) is 18.9 Å². The molecule has 1 aromatic rings. The number of piperazine rings is 1. The van der Waals surface area contributed by atoms with Crippen LogP contribution in [-0.4, -0.2) is 37.6 Å². The first-order valence-electron chi connectivity index (χ1n) is 6.57. The molecule has 1 aromatic carbocycles. The first kappa shape index (κ1) is 14.2. The second-order valence-electron chi connectivity index (χ2n) is 4.79. The molecule has 0 unspecified atom stereocenters. The quantitative estimate of drug-likeness (QED) is 0.833. The number of rotatable bonds is 3. The van der Waals surface area contributed by atoms with Gasteiger partial charge in [-0.25, -0.2) is 0 Å². The summed E-state index contributed by atoms with van der Waals surface area (Å²) in [5.74, 6) is 0. The van der Waals surface area contributed by atoms with Crippen molar-refractivity contribution in [2.45, 2.75) is 19.5 Å². The van der Waals surface area contributed by atoms with Gasteiger partial charge in [-0.2, -0.15) is 13.2 Å². The van der Waals surface area contributed by atoms with Crippen LogP contribution in [0.4, 0.5) is 18.9 Å². The van der Waals surface area contributed by atoms with Gasteiger partial charge >= 0.3 is 6.18 Å². The molecule has 0 amide bonds. The second-order valence-corrected chi connectivity index (χ2v) is 4.79. The van der Waals surface area contributed by atoms with Crippen molar-refractivity contribution >= 4 is 5.69 Å². The van der Waals surface area contributed by atoms with Gasteiger partial charge in [0.25, 0.3) is 0 Å². The monoisotopic (exact) mass is 271 g/mol. The molecular formula is C14H18F3N2. The van der Waals surface area contributed by atoms with Gasteiger partial charge in [0.05, 0.1) is 5.56 Å². The van der Waals surface area contributed by atoms with Crippen LogP contribution in [0.15, 0.2) is 18.2 Å². The molecule has 0 atom stereocenters. The maximum absolute atomic E-state index is 12.6. The van der Waals surface area contributed by atoms with Gasteiger partial charge in [-0.05, 0) is 31.2 Å². The van der Waals surface area contributed by atoms with E-state index in [-0.39, 0.29) is 0 Å². The van der Waals surface area contributed by atoms with Crippen molar-refractivity contribution < 1.29 is 13.2 Å².